The lowest BCUT2D eigenvalue weighted by Crippen LogP contribution is -2.30. The van der Waals surface area contributed by atoms with E-state index < -0.39 is 17.1 Å². The zero-order chi connectivity index (χ0) is 41.0. The van der Waals surface area contributed by atoms with E-state index in [0.717, 1.165) is 16.0 Å². The maximum atomic E-state index is 13.9. The van der Waals surface area contributed by atoms with Crippen LogP contribution in [-0.2, 0) is 9.59 Å². The van der Waals surface area contributed by atoms with Gasteiger partial charge < -0.3 is 39.6 Å². The van der Waals surface area contributed by atoms with Crippen LogP contribution in [0.2, 0.25) is 0 Å². The Labute approximate surface area is 344 Å². The van der Waals surface area contributed by atoms with Gasteiger partial charge in [0.1, 0.15) is 10.9 Å². The number of nitrogens with one attached hydrogen (secondary N) is 3. The van der Waals surface area contributed by atoms with Crippen LogP contribution in [0.3, 0.4) is 0 Å². The molecule has 0 saturated heterocycles. The first-order valence-corrected chi connectivity index (χ1v) is 19.5. The van der Waals surface area contributed by atoms with Crippen LogP contribution < -0.4 is 39.6 Å². The van der Waals surface area contributed by atoms with Crippen molar-refractivity contribution in [1.82, 2.24) is 10.3 Å². The van der Waals surface area contributed by atoms with Crippen LogP contribution in [0.1, 0.15) is 26.7 Å². The van der Waals surface area contributed by atoms with Crippen molar-refractivity contribution < 1.29 is 38.1 Å². The van der Waals surface area contributed by atoms with Crippen molar-refractivity contribution in [2.75, 3.05) is 46.2 Å². The second kappa shape index (κ2) is 19.4. The lowest BCUT2D eigenvalue weighted by atomic mass is 10.1. The van der Waals surface area contributed by atoms with E-state index in [1.165, 1.54) is 50.5 Å². The van der Waals surface area contributed by atoms with Gasteiger partial charge in [0.05, 0.1) is 41.2 Å². The summed E-state index contributed by atoms with van der Waals surface area (Å²) < 4.78 is 27.2. The molecule has 6 aromatic rings. The Morgan fingerprint density at radius 1 is 0.690 bits per heavy atom. The number of rotatable bonds is 16. The SMILES string of the molecule is COc1ccc(-c2csc(NC(=O)C(Sc3ccc(NC(=O)/C(=C/c4cc(OC)c(OC)c(OC)c4)NC(=O)c4ccccc4)cc3)c3ccccc3)n2)cc1OC. The molecule has 0 radical (unpaired) electrons. The fraction of sp³-hybridized carbons (Fsp3) is 0.136. The van der Waals surface area contributed by atoms with Gasteiger partial charge >= 0.3 is 0 Å². The molecule has 0 aliphatic carbocycles. The lowest BCUT2D eigenvalue weighted by Gasteiger charge is -2.17. The van der Waals surface area contributed by atoms with Gasteiger partial charge in [-0.3, -0.25) is 14.4 Å². The molecule has 14 heteroatoms. The van der Waals surface area contributed by atoms with Gasteiger partial charge in [-0.15, -0.1) is 23.1 Å². The van der Waals surface area contributed by atoms with Gasteiger partial charge in [0, 0.05) is 27.1 Å². The van der Waals surface area contributed by atoms with Gasteiger partial charge in [0.25, 0.3) is 11.8 Å². The first-order chi connectivity index (χ1) is 28.2. The highest BCUT2D eigenvalue weighted by Gasteiger charge is 2.24. The minimum absolute atomic E-state index is 0.0288. The van der Waals surface area contributed by atoms with Crippen molar-refractivity contribution in [2.24, 2.45) is 0 Å². The quantitative estimate of drug-likeness (QED) is 0.0641. The van der Waals surface area contributed by atoms with Gasteiger partial charge in [0.2, 0.25) is 11.7 Å². The van der Waals surface area contributed by atoms with E-state index in [2.05, 4.69) is 20.9 Å². The standard InChI is InChI=1S/C44H40N4O8S2/c1-52-35-21-16-30(25-36(35)53-2)34-26-57-44(47-34)48-43(51)40(28-12-8-6-9-13-28)58-32-19-17-31(18-20-32)45-42(50)33(46-41(49)29-14-10-7-11-15-29)22-27-23-37(54-3)39(56-5)38(24-27)55-4/h6-26,40H,1-5H3,(H,45,50)(H,46,49)(H,47,48,51)/b33-22-. The smallest absolute Gasteiger partial charge is 0.272 e. The van der Waals surface area contributed by atoms with Crippen molar-refractivity contribution in [3.05, 3.63) is 143 Å². The van der Waals surface area contributed by atoms with Gasteiger partial charge in [-0.2, -0.15) is 0 Å². The summed E-state index contributed by atoms with van der Waals surface area (Å²) >= 11 is 2.67. The number of anilines is 2. The molecule has 1 unspecified atom stereocenters. The molecule has 1 heterocycles. The van der Waals surface area contributed by atoms with Gasteiger partial charge in [-0.1, -0.05) is 48.5 Å². The molecular formula is C44H40N4O8S2. The van der Waals surface area contributed by atoms with E-state index >= 15 is 0 Å². The van der Waals surface area contributed by atoms with Crippen molar-refractivity contribution in [1.29, 1.82) is 0 Å². The number of thiazole rings is 1. The molecule has 1 aromatic heterocycles. The van der Waals surface area contributed by atoms with Crippen LogP contribution in [0, 0.1) is 0 Å². The molecule has 0 aliphatic heterocycles. The summed E-state index contributed by atoms with van der Waals surface area (Å²) in [5.41, 5.74) is 3.62. The Balaban J connectivity index is 1.20. The number of ether oxygens (including phenoxy) is 5. The van der Waals surface area contributed by atoms with Crippen LogP contribution in [0.4, 0.5) is 10.8 Å². The number of hydrogen-bond acceptors (Lipinski definition) is 11. The number of methoxy groups -OCH3 is 5. The first kappa shape index (κ1) is 40.9. The highest BCUT2D eigenvalue weighted by atomic mass is 32.2. The predicted octanol–water partition coefficient (Wildman–Crippen LogP) is 8.73. The number of hydrogen-bond donors (Lipinski definition) is 3. The summed E-state index contributed by atoms with van der Waals surface area (Å²) in [5.74, 6) is 1.03. The molecule has 12 nitrogen and oxygen atoms in total. The molecule has 296 valence electrons. The third-order valence-corrected chi connectivity index (χ3v) is 10.7. The summed E-state index contributed by atoms with van der Waals surface area (Å²) in [6.45, 7) is 0. The second-order valence-electron chi connectivity index (χ2n) is 12.3. The van der Waals surface area contributed by atoms with Gasteiger partial charge in [-0.25, -0.2) is 4.98 Å². The van der Waals surface area contributed by atoms with Gasteiger partial charge in [-0.05, 0) is 83.9 Å². The van der Waals surface area contributed by atoms with E-state index in [0.29, 0.717) is 56.4 Å². The zero-order valence-electron chi connectivity index (χ0n) is 32.2. The number of nitrogens with zero attached hydrogens (tertiary/aromatic N) is 1. The van der Waals surface area contributed by atoms with Crippen LogP contribution in [0.5, 0.6) is 28.7 Å². The maximum Gasteiger partial charge on any atom is 0.272 e. The molecule has 0 saturated carbocycles. The minimum Gasteiger partial charge on any atom is -0.493 e. The monoisotopic (exact) mass is 816 g/mol. The van der Waals surface area contributed by atoms with Crippen molar-refractivity contribution in [2.45, 2.75) is 10.1 Å². The van der Waals surface area contributed by atoms with Crippen molar-refractivity contribution >= 4 is 57.7 Å². The highest BCUT2D eigenvalue weighted by molar-refractivity contribution is 8.00. The fourth-order valence-corrected chi connectivity index (χ4v) is 7.52. The second-order valence-corrected chi connectivity index (χ2v) is 14.4. The molecule has 6 rings (SSSR count). The van der Waals surface area contributed by atoms with Crippen LogP contribution in [-0.4, -0.2) is 58.3 Å². The number of carbonyl (C=O) groups is 3. The molecule has 0 bridgehead atoms. The molecule has 5 aromatic carbocycles. The molecular weight excluding hydrogens is 777 g/mol. The minimum atomic E-state index is -0.628. The summed E-state index contributed by atoms with van der Waals surface area (Å²) in [4.78, 5) is 46.4. The molecule has 0 spiro atoms. The van der Waals surface area contributed by atoms with E-state index in [1.807, 2.05) is 66.0 Å². The van der Waals surface area contributed by atoms with Gasteiger partial charge in [0.15, 0.2) is 28.1 Å². The molecule has 58 heavy (non-hydrogen) atoms. The van der Waals surface area contributed by atoms with E-state index in [1.54, 1.807) is 68.8 Å². The maximum absolute atomic E-state index is 13.9. The van der Waals surface area contributed by atoms with Crippen LogP contribution >= 0.6 is 23.1 Å². The van der Waals surface area contributed by atoms with E-state index in [4.69, 9.17) is 23.7 Å². The Morgan fingerprint density at radius 3 is 1.95 bits per heavy atom. The van der Waals surface area contributed by atoms with E-state index in [9.17, 15) is 14.4 Å². The number of aromatic nitrogens is 1. The average molecular weight is 817 g/mol. The molecule has 3 N–H and O–H groups in total. The normalized spacial score (nSPS) is 11.5. The Bertz CT molecular complexity index is 2380. The molecule has 0 aliphatic rings. The number of thioether (sulfide) groups is 1. The summed E-state index contributed by atoms with van der Waals surface area (Å²) in [7, 11) is 7.63. The predicted molar refractivity (Wildman–Crippen MR) is 227 cm³/mol. The number of benzene rings is 5. The fourth-order valence-electron chi connectivity index (χ4n) is 5.78. The van der Waals surface area contributed by atoms with Crippen molar-refractivity contribution in [3.8, 4) is 40.0 Å². The first-order valence-electron chi connectivity index (χ1n) is 17.7. The molecule has 0 fully saturated rings. The lowest BCUT2D eigenvalue weighted by molar-refractivity contribution is -0.116. The molecule has 1 atom stereocenters. The zero-order valence-corrected chi connectivity index (χ0v) is 33.9. The van der Waals surface area contributed by atoms with Crippen molar-refractivity contribution in [3.63, 3.8) is 0 Å². The Hall–Kier alpha value is -6.77. The molecule has 3 amide bonds. The van der Waals surface area contributed by atoms with Crippen LogP contribution in [0.15, 0.2) is 131 Å². The van der Waals surface area contributed by atoms with Crippen LogP contribution in [0.25, 0.3) is 17.3 Å². The average Bonchev–Trinajstić information content (AvgIpc) is 3.73. The van der Waals surface area contributed by atoms with E-state index in [-0.39, 0.29) is 11.6 Å². The largest absolute Gasteiger partial charge is 0.493 e. The number of carbonyl (C=O) groups excluding carboxylic acids is 3. The highest BCUT2D eigenvalue weighted by Crippen LogP contribution is 2.40. The summed E-state index contributed by atoms with van der Waals surface area (Å²) in [6.07, 6.45) is 1.52. The Morgan fingerprint density at radius 2 is 1.33 bits per heavy atom. The Kier molecular flexibility index (Phi) is 13.7. The number of amides is 3. The third-order valence-electron chi connectivity index (χ3n) is 8.65. The topological polar surface area (TPSA) is 146 Å². The summed E-state index contributed by atoms with van der Waals surface area (Å²) in [5, 5.41) is 10.3. The summed E-state index contributed by atoms with van der Waals surface area (Å²) in [6, 6.07) is 34.0. The third kappa shape index (κ3) is 9.96.